The maximum absolute atomic E-state index is 12.2. The van der Waals surface area contributed by atoms with E-state index in [1.54, 1.807) is 4.90 Å². The summed E-state index contributed by atoms with van der Waals surface area (Å²) in [6.07, 6.45) is 2.79. The third kappa shape index (κ3) is 5.02. The van der Waals surface area contributed by atoms with Crippen LogP contribution >= 0.6 is 0 Å². The van der Waals surface area contributed by atoms with Crippen LogP contribution in [0.3, 0.4) is 0 Å². The standard InChI is InChI=1S/C18H27NO3/c1-18(2,3)22-17(21)19-13-16(20)12-15(19)11-7-10-14-8-5-4-6-9-14/h4-6,8-9,15-16,20H,7,10-13H2,1-3H3. The van der Waals surface area contributed by atoms with Crippen molar-refractivity contribution in [3.05, 3.63) is 35.9 Å². The molecule has 1 amide bonds. The number of aliphatic hydroxyl groups is 1. The van der Waals surface area contributed by atoms with Gasteiger partial charge in [0.1, 0.15) is 5.60 Å². The second kappa shape index (κ2) is 7.14. The highest BCUT2D eigenvalue weighted by Gasteiger charge is 2.36. The fourth-order valence-corrected chi connectivity index (χ4v) is 2.90. The lowest BCUT2D eigenvalue weighted by atomic mass is 10.0. The van der Waals surface area contributed by atoms with Gasteiger partial charge in [-0.1, -0.05) is 30.3 Å². The number of β-amino-alcohol motifs (C(OH)–C–C–N with tert-alkyl or cyclic N) is 1. The van der Waals surface area contributed by atoms with Gasteiger partial charge in [-0.15, -0.1) is 0 Å². The van der Waals surface area contributed by atoms with Gasteiger partial charge < -0.3 is 14.7 Å². The molecule has 1 aliphatic heterocycles. The molecule has 0 aliphatic carbocycles. The number of nitrogens with zero attached hydrogens (tertiary/aromatic N) is 1. The van der Waals surface area contributed by atoms with E-state index in [1.807, 2.05) is 39.0 Å². The van der Waals surface area contributed by atoms with E-state index >= 15 is 0 Å². The van der Waals surface area contributed by atoms with Crippen LogP contribution in [0.25, 0.3) is 0 Å². The highest BCUT2D eigenvalue weighted by molar-refractivity contribution is 5.69. The normalized spacial score (nSPS) is 21.9. The molecule has 4 heteroatoms. The molecule has 1 heterocycles. The zero-order chi connectivity index (χ0) is 16.2. The predicted octanol–water partition coefficient (Wildman–Crippen LogP) is 3.38. The van der Waals surface area contributed by atoms with Crippen molar-refractivity contribution >= 4 is 6.09 Å². The zero-order valence-electron chi connectivity index (χ0n) is 13.8. The molecular weight excluding hydrogens is 278 g/mol. The summed E-state index contributed by atoms with van der Waals surface area (Å²) >= 11 is 0. The van der Waals surface area contributed by atoms with Crippen molar-refractivity contribution in [2.75, 3.05) is 6.54 Å². The van der Waals surface area contributed by atoms with Gasteiger partial charge in [-0.2, -0.15) is 0 Å². The van der Waals surface area contributed by atoms with Crippen LogP contribution in [0.4, 0.5) is 4.79 Å². The van der Waals surface area contributed by atoms with E-state index in [1.165, 1.54) is 5.56 Å². The number of hydrogen-bond donors (Lipinski definition) is 1. The highest BCUT2D eigenvalue weighted by atomic mass is 16.6. The van der Waals surface area contributed by atoms with Crippen LogP contribution in [0.5, 0.6) is 0 Å². The van der Waals surface area contributed by atoms with Gasteiger partial charge >= 0.3 is 6.09 Å². The minimum Gasteiger partial charge on any atom is -0.444 e. The number of carbonyl (C=O) groups is 1. The van der Waals surface area contributed by atoms with Gasteiger partial charge in [0.2, 0.25) is 0 Å². The van der Waals surface area contributed by atoms with Crippen molar-refractivity contribution < 1.29 is 14.6 Å². The molecule has 1 aromatic rings. The molecule has 2 rings (SSSR count). The first-order chi connectivity index (χ1) is 10.3. The van der Waals surface area contributed by atoms with E-state index in [-0.39, 0.29) is 12.1 Å². The quantitative estimate of drug-likeness (QED) is 0.927. The second-order valence-corrected chi connectivity index (χ2v) is 7.05. The maximum Gasteiger partial charge on any atom is 0.410 e. The molecule has 2 unspecified atom stereocenters. The van der Waals surface area contributed by atoms with Crippen molar-refractivity contribution in [2.24, 2.45) is 0 Å². The molecule has 22 heavy (non-hydrogen) atoms. The molecule has 1 fully saturated rings. The smallest absolute Gasteiger partial charge is 0.410 e. The second-order valence-electron chi connectivity index (χ2n) is 7.05. The van der Waals surface area contributed by atoms with Crippen molar-refractivity contribution in [3.63, 3.8) is 0 Å². The van der Waals surface area contributed by atoms with Gasteiger partial charge in [-0.25, -0.2) is 4.79 Å². The summed E-state index contributed by atoms with van der Waals surface area (Å²) in [4.78, 5) is 13.9. The molecule has 1 saturated heterocycles. The number of ether oxygens (including phenoxy) is 1. The van der Waals surface area contributed by atoms with Crippen LogP contribution in [-0.2, 0) is 11.2 Å². The Labute approximate surface area is 133 Å². The summed E-state index contributed by atoms with van der Waals surface area (Å²) in [6, 6.07) is 10.4. The topological polar surface area (TPSA) is 49.8 Å². The van der Waals surface area contributed by atoms with Crippen LogP contribution in [0.2, 0.25) is 0 Å². The SMILES string of the molecule is CC(C)(C)OC(=O)N1CC(O)CC1CCCc1ccccc1. The lowest BCUT2D eigenvalue weighted by molar-refractivity contribution is 0.0202. The summed E-state index contributed by atoms with van der Waals surface area (Å²) in [5.74, 6) is 0. The minimum atomic E-state index is -0.501. The number of amides is 1. The van der Waals surface area contributed by atoms with E-state index in [9.17, 15) is 9.90 Å². The van der Waals surface area contributed by atoms with Gasteiger partial charge in [0.05, 0.1) is 12.6 Å². The molecule has 122 valence electrons. The van der Waals surface area contributed by atoms with Gasteiger partial charge in [0.25, 0.3) is 0 Å². The summed E-state index contributed by atoms with van der Waals surface area (Å²) in [6.45, 7) is 5.97. The minimum absolute atomic E-state index is 0.0774. The maximum atomic E-state index is 12.2. The lowest BCUT2D eigenvalue weighted by Gasteiger charge is -2.28. The summed E-state index contributed by atoms with van der Waals surface area (Å²) in [5.41, 5.74) is 0.809. The lowest BCUT2D eigenvalue weighted by Crippen LogP contribution is -2.40. The fraction of sp³-hybridized carbons (Fsp3) is 0.611. The third-order valence-electron chi connectivity index (χ3n) is 3.87. The Balaban J connectivity index is 1.86. The molecular formula is C18H27NO3. The largest absolute Gasteiger partial charge is 0.444 e. The number of hydrogen-bond acceptors (Lipinski definition) is 3. The fourth-order valence-electron chi connectivity index (χ4n) is 2.90. The van der Waals surface area contributed by atoms with Crippen LogP contribution < -0.4 is 0 Å². The van der Waals surface area contributed by atoms with Crippen molar-refractivity contribution in [1.82, 2.24) is 4.90 Å². The molecule has 0 bridgehead atoms. The van der Waals surface area contributed by atoms with Crippen molar-refractivity contribution in [3.8, 4) is 0 Å². The Morgan fingerprint density at radius 1 is 1.32 bits per heavy atom. The Kier molecular flexibility index (Phi) is 5.46. The van der Waals surface area contributed by atoms with Gasteiger partial charge in [0.15, 0.2) is 0 Å². The Morgan fingerprint density at radius 3 is 2.64 bits per heavy atom. The molecule has 0 aromatic heterocycles. The van der Waals surface area contributed by atoms with Gasteiger partial charge in [0, 0.05) is 6.04 Å². The molecule has 1 aromatic carbocycles. The summed E-state index contributed by atoms with van der Waals surface area (Å²) in [7, 11) is 0. The van der Waals surface area contributed by atoms with Crippen molar-refractivity contribution in [2.45, 2.75) is 64.2 Å². The van der Waals surface area contributed by atoms with Gasteiger partial charge in [-0.05, 0) is 52.0 Å². The zero-order valence-corrected chi connectivity index (χ0v) is 13.8. The molecule has 0 spiro atoms. The molecule has 1 N–H and O–H groups in total. The molecule has 0 radical (unpaired) electrons. The number of aryl methyl sites for hydroxylation is 1. The summed E-state index contributed by atoms with van der Waals surface area (Å²) in [5, 5.41) is 9.88. The number of carbonyl (C=O) groups excluding carboxylic acids is 1. The van der Waals surface area contributed by atoms with E-state index in [0.29, 0.717) is 13.0 Å². The summed E-state index contributed by atoms with van der Waals surface area (Å²) < 4.78 is 5.44. The number of rotatable bonds is 4. The number of likely N-dealkylation sites (tertiary alicyclic amines) is 1. The van der Waals surface area contributed by atoms with Gasteiger partial charge in [-0.3, -0.25) is 0 Å². The Morgan fingerprint density at radius 2 is 2.00 bits per heavy atom. The van der Waals surface area contributed by atoms with E-state index in [2.05, 4.69) is 12.1 Å². The van der Waals surface area contributed by atoms with E-state index in [0.717, 1.165) is 19.3 Å². The third-order valence-corrected chi connectivity index (χ3v) is 3.87. The Bertz CT molecular complexity index is 481. The van der Waals surface area contributed by atoms with Crippen molar-refractivity contribution in [1.29, 1.82) is 0 Å². The molecule has 4 nitrogen and oxygen atoms in total. The average molecular weight is 305 g/mol. The Hall–Kier alpha value is -1.55. The van der Waals surface area contributed by atoms with Crippen LogP contribution in [0, 0.1) is 0 Å². The first-order valence-corrected chi connectivity index (χ1v) is 8.07. The molecule has 2 atom stereocenters. The van der Waals surface area contributed by atoms with Crippen LogP contribution in [0.15, 0.2) is 30.3 Å². The predicted molar refractivity (Wildman–Crippen MR) is 86.7 cm³/mol. The number of benzene rings is 1. The molecule has 1 aliphatic rings. The van der Waals surface area contributed by atoms with E-state index < -0.39 is 11.7 Å². The number of aliphatic hydroxyl groups excluding tert-OH is 1. The highest BCUT2D eigenvalue weighted by Crippen LogP contribution is 2.25. The first-order valence-electron chi connectivity index (χ1n) is 8.07. The molecule has 0 saturated carbocycles. The van der Waals surface area contributed by atoms with E-state index in [4.69, 9.17) is 4.74 Å². The monoisotopic (exact) mass is 305 g/mol. The average Bonchev–Trinajstić information content (AvgIpc) is 2.79. The first kappa shape index (κ1) is 16.8. The van der Waals surface area contributed by atoms with Crippen LogP contribution in [-0.4, -0.2) is 40.4 Å². The van der Waals surface area contributed by atoms with Crippen LogP contribution in [0.1, 0.15) is 45.6 Å².